The third kappa shape index (κ3) is 2.87. The summed E-state index contributed by atoms with van der Waals surface area (Å²) in [6.45, 7) is 4.17. The molecule has 2 aromatic heterocycles. The molecule has 1 aliphatic heterocycles. The summed E-state index contributed by atoms with van der Waals surface area (Å²) < 4.78 is 6.49. The summed E-state index contributed by atoms with van der Waals surface area (Å²) in [6.07, 6.45) is 6.14. The van der Waals surface area contributed by atoms with E-state index in [1.807, 2.05) is 12.1 Å². The minimum atomic E-state index is -0.0283. The molecule has 112 valence electrons. The van der Waals surface area contributed by atoms with E-state index in [0.29, 0.717) is 5.82 Å². The minimum absolute atomic E-state index is 0.0283. The van der Waals surface area contributed by atoms with Crippen molar-refractivity contribution in [1.82, 2.24) is 20.4 Å². The van der Waals surface area contributed by atoms with E-state index in [1.165, 1.54) is 0 Å². The highest BCUT2D eigenvalue weighted by atomic mass is 79.9. The first-order chi connectivity index (χ1) is 10.2. The molecule has 0 aromatic carbocycles. The largest absolute Gasteiger partial charge is 0.338 e. The van der Waals surface area contributed by atoms with Crippen LogP contribution in [0.15, 0.2) is 27.3 Å². The molecule has 1 unspecified atom stereocenters. The maximum Gasteiger partial charge on any atom is 0.234 e. The molecule has 1 aliphatic rings. The Kier molecular flexibility index (Phi) is 4.35. The highest BCUT2D eigenvalue weighted by Gasteiger charge is 2.38. The zero-order valence-corrected chi connectivity index (χ0v) is 13.7. The van der Waals surface area contributed by atoms with Gasteiger partial charge in [0, 0.05) is 17.2 Å². The van der Waals surface area contributed by atoms with Gasteiger partial charge in [0.05, 0.1) is 5.41 Å². The van der Waals surface area contributed by atoms with Crippen molar-refractivity contribution in [2.24, 2.45) is 0 Å². The van der Waals surface area contributed by atoms with E-state index in [1.54, 1.807) is 6.20 Å². The zero-order valence-electron chi connectivity index (χ0n) is 12.1. The fourth-order valence-corrected chi connectivity index (χ4v) is 3.47. The highest BCUT2D eigenvalue weighted by molar-refractivity contribution is 9.10. The average Bonchev–Trinajstić information content (AvgIpc) is 2.99. The predicted octanol–water partition coefficient (Wildman–Crippen LogP) is 3.32. The van der Waals surface area contributed by atoms with Gasteiger partial charge in [-0.15, -0.1) is 0 Å². The first-order valence-electron chi connectivity index (χ1n) is 7.41. The lowest BCUT2D eigenvalue weighted by Crippen LogP contribution is -2.43. The molecule has 1 atom stereocenters. The standard InChI is InChI=1S/C15H19BrN4O/c1-2-6-15(7-4-8-17-10-15)14-19-13(20-21-14)12-11(16)5-3-9-18-12/h3,5,9,17H,2,4,6-8,10H2,1H3. The smallest absolute Gasteiger partial charge is 0.234 e. The molecule has 3 heterocycles. The van der Waals surface area contributed by atoms with E-state index in [2.05, 4.69) is 43.3 Å². The van der Waals surface area contributed by atoms with Crippen LogP contribution < -0.4 is 5.32 Å². The molecular formula is C15H19BrN4O. The van der Waals surface area contributed by atoms with Gasteiger partial charge < -0.3 is 9.84 Å². The van der Waals surface area contributed by atoms with Crippen LogP contribution in [0, 0.1) is 0 Å². The van der Waals surface area contributed by atoms with Gasteiger partial charge in [-0.05, 0) is 53.9 Å². The van der Waals surface area contributed by atoms with Crippen molar-refractivity contribution in [2.45, 2.75) is 38.0 Å². The molecular weight excluding hydrogens is 332 g/mol. The number of halogens is 1. The Morgan fingerprint density at radius 3 is 3.10 bits per heavy atom. The summed E-state index contributed by atoms with van der Waals surface area (Å²) in [6, 6.07) is 3.81. The normalized spacial score (nSPS) is 22.4. The molecule has 0 radical (unpaired) electrons. The molecule has 0 saturated carbocycles. The van der Waals surface area contributed by atoms with E-state index < -0.39 is 0 Å². The second-order valence-corrected chi connectivity index (χ2v) is 6.42. The van der Waals surface area contributed by atoms with Crippen molar-refractivity contribution in [3.63, 3.8) is 0 Å². The van der Waals surface area contributed by atoms with Gasteiger partial charge in [-0.3, -0.25) is 4.98 Å². The Hall–Kier alpha value is -1.27. The van der Waals surface area contributed by atoms with Gasteiger partial charge in [0.1, 0.15) is 5.69 Å². The molecule has 1 saturated heterocycles. The number of nitrogens with zero attached hydrogens (tertiary/aromatic N) is 3. The minimum Gasteiger partial charge on any atom is -0.338 e. The van der Waals surface area contributed by atoms with Crippen molar-refractivity contribution in [3.8, 4) is 11.5 Å². The molecule has 5 nitrogen and oxygen atoms in total. The van der Waals surface area contributed by atoms with Crippen LogP contribution in [0.25, 0.3) is 11.5 Å². The number of piperidine rings is 1. The third-order valence-corrected chi connectivity index (χ3v) is 4.69. The first-order valence-corrected chi connectivity index (χ1v) is 8.20. The Labute approximate surface area is 132 Å². The van der Waals surface area contributed by atoms with Crippen LogP contribution in [0.2, 0.25) is 0 Å². The summed E-state index contributed by atoms with van der Waals surface area (Å²) in [4.78, 5) is 8.97. The predicted molar refractivity (Wildman–Crippen MR) is 83.9 cm³/mol. The van der Waals surface area contributed by atoms with E-state index in [9.17, 15) is 0 Å². The van der Waals surface area contributed by atoms with Crippen molar-refractivity contribution >= 4 is 15.9 Å². The molecule has 1 N–H and O–H groups in total. The lowest BCUT2D eigenvalue weighted by atomic mass is 9.77. The molecule has 1 fully saturated rings. The van der Waals surface area contributed by atoms with Crippen molar-refractivity contribution in [2.75, 3.05) is 13.1 Å². The van der Waals surface area contributed by atoms with Crippen molar-refractivity contribution in [1.29, 1.82) is 0 Å². The van der Waals surface area contributed by atoms with Crippen molar-refractivity contribution in [3.05, 3.63) is 28.7 Å². The highest BCUT2D eigenvalue weighted by Crippen LogP contribution is 2.36. The second kappa shape index (κ2) is 6.23. The van der Waals surface area contributed by atoms with Gasteiger partial charge in [-0.1, -0.05) is 18.5 Å². The SMILES string of the molecule is CCCC1(c2nc(-c3ncccc3Br)no2)CCCNC1. The monoisotopic (exact) mass is 350 g/mol. The Bertz CT molecular complexity index is 602. The molecule has 21 heavy (non-hydrogen) atoms. The Morgan fingerprint density at radius 2 is 2.38 bits per heavy atom. The molecule has 0 amide bonds. The lowest BCUT2D eigenvalue weighted by molar-refractivity contribution is 0.213. The fourth-order valence-electron chi connectivity index (χ4n) is 3.03. The Balaban J connectivity index is 1.94. The maximum absolute atomic E-state index is 5.61. The van der Waals surface area contributed by atoms with E-state index >= 15 is 0 Å². The van der Waals surface area contributed by atoms with Crippen LogP contribution in [0.1, 0.15) is 38.5 Å². The Morgan fingerprint density at radius 1 is 1.48 bits per heavy atom. The van der Waals surface area contributed by atoms with Crippen LogP contribution >= 0.6 is 15.9 Å². The second-order valence-electron chi connectivity index (χ2n) is 5.57. The molecule has 0 aliphatic carbocycles. The van der Waals surface area contributed by atoms with E-state index in [4.69, 9.17) is 4.52 Å². The van der Waals surface area contributed by atoms with Gasteiger partial charge in [-0.25, -0.2) is 0 Å². The molecule has 6 heteroatoms. The summed E-state index contributed by atoms with van der Waals surface area (Å²) in [5, 5.41) is 7.61. The van der Waals surface area contributed by atoms with E-state index in [-0.39, 0.29) is 5.41 Å². The van der Waals surface area contributed by atoms with Gasteiger partial charge >= 0.3 is 0 Å². The number of hydrogen-bond acceptors (Lipinski definition) is 5. The number of rotatable bonds is 4. The van der Waals surface area contributed by atoms with Crippen LogP contribution in [-0.4, -0.2) is 28.2 Å². The van der Waals surface area contributed by atoms with Gasteiger partial charge in [0.15, 0.2) is 0 Å². The van der Waals surface area contributed by atoms with Crippen LogP contribution in [0.3, 0.4) is 0 Å². The van der Waals surface area contributed by atoms with Crippen molar-refractivity contribution < 1.29 is 4.52 Å². The topological polar surface area (TPSA) is 63.8 Å². The summed E-state index contributed by atoms with van der Waals surface area (Å²) in [7, 11) is 0. The fraction of sp³-hybridized carbons (Fsp3) is 0.533. The van der Waals surface area contributed by atoms with Gasteiger partial charge in [-0.2, -0.15) is 4.98 Å². The summed E-state index contributed by atoms with van der Waals surface area (Å²) in [5.41, 5.74) is 0.697. The van der Waals surface area contributed by atoms with Gasteiger partial charge in [0.25, 0.3) is 0 Å². The lowest BCUT2D eigenvalue weighted by Gasteiger charge is -2.34. The molecule has 2 aromatic rings. The maximum atomic E-state index is 5.61. The zero-order chi connectivity index (χ0) is 14.7. The number of nitrogens with one attached hydrogen (secondary N) is 1. The van der Waals surface area contributed by atoms with Crippen LogP contribution in [-0.2, 0) is 5.41 Å². The molecule has 0 spiro atoms. The first kappa shape index (κ1) is 14.7. The van der Waals surface area contributed by atoms with Crippen LogP contribution in [0.4, 0.5) is 0 Å². The summed E-state index contributed by atoms with van der Waals surface area (Å²) >= 11 is 3.49. The van der Waals surface area contributed by atoms with Gasteiger partial charge in [0.2, 0.25) is 11.7 Å². The van der Waals surface area contributed by atoms with Crippen LogP contribution in [0.5, 0.6) is 0 Å². The molecule has 0 bridgehead atoms. The van der Waals surface area contributed by atoms with E-state index in [0.717, 1.165) is 54.8 Å². The number of aromatic nitrogens is 3. The number of hydrogen-bond donors (Lipinski definition) is 1. The number of pyridine rings is 1. The summed E-state index contributed by atoms with van der Waals surface area (Å²) in [5.74, 6) is 1.29. The quantitative estimate of drug-likeness (QED) is 0.916. The third-order valence-electron chi connectivity index (χ3n) is 4.05. The average molecular weight is 351 g/mol. The molecule has 3 rings (SSSR count).